The van der Waals surface area contributed by atoms with Crippen molar-refractivity contribution in [1.29, 1.82) is 0 Å². The fourth-order valence-electron chi connectivity index (χ4n) is 2.80. The van der Waals surface area contributed by atoms with Crippen LogP contribution in [0, 0.1) is 0 Å². The zero-order chi connectivity index (χ0) is 19.2. The van der Waals surface area contributed by atoms with Crippen molar-refractivity contribution in [3.63, 3.8) is 0 Å². The number of hydrogen-bond donors (Lipinski definition) is 2. The van der Waals surface area contributed by atoms with E-state index in [4.69, 9.17) is 16.3 Å². The van der Waals surface area contributed by atoms with Crippen LogP contribution >= 0.6 is 22.9 Å². The number of nitrogens with one attached hydrogen (secondary N) is 2. The van der Waals surface area contributed by atoms with Gasteiger partial charge in [-0.2, -0.15) is 0 Å². The zero-order valence-corrected chi connectivity index (χ0v) is 16.7. The summed E-state index contributed by atoms with van der Waals surface area (Å²) >= 11 is 7.84. The van der Waals surface area contributed by atoms with Gasteiger partial charge in [0.1, 0.15) is 11.8 Å². The van der Waals surface area contributed by atoms with Gasteiger partial charge in [0, 0.05) is 16.6 Å². The standard InChI is InChI=1S/C21H21ClN2O2S/c1-14(19-9-6-12-27-19)23-20(15-7-4-3-5-8-15)21(25)24-16-10-11-18(26-2)17(22)13-16/h3-14,20,23H,1-2H3,(H,24,25)/t14-,20-/m0/s1. The summed E-state index contributed by atoms with van der Waals surface area (Å²) in [6, 6.07) is 18.5. The number of thiophene rings is 1. The van der Waals surface area contributed by atoms with Crippen LogP contribution in [0.5, 0.6) is 5.75 Å². The Bertz CT molecular complexity index is 884. The molecular formula is C21H21ClN2O2S. The van der Waals surface area contributed by atoms with Gasteiger partial charge < -0.3 is 10.1 Å². The summed E-state index contributed by atoms with van der Waals surface area (Å²) < 4.78 is 5.16. The number of carbonyl (C=O) groups is 1. The number of benzene rings is 2. The van der Waals surface area contributed by atoms with E-state index in [1.165, 1.54) is 4.88 Å². The molecule has 2 atom stereocenters. The van der Waals surface area contributed by atoms with Gasteiger partial charge in [0.15, 0.2) is 0 Å². The second-order valence-electron chi connectivity index (χ2n) is 6.09. The highest BCUT2D eigenvalue weighted by atomic mass is 35.5. The fraction of sp³-hybridized carbons (Fsp3) is 0.190. The van der Waals surface area contributed by atoms with Crippen molar-refractivity contribution in [3.8, 4) is 5.75 Å². The molecule has 0 aliphatic rings. The summed E-state index contributed by atoms with van der Waals surface area (Å²) in [7, 11) is 1.56. The molecule has 3 rings (SSSR count). The molecule has 0 saturated heterocycles. The van der Waals surface area contributed by atoms with Gasteiger partial charge in [-0.25, -0.2) is 0 Å². The second-order valence-corrected chi connectivity index (χ2v) is 7.47. The Morgan fingerprint density at radius 2 is 1.89 bits per heavy atom. The quantitative estimate of drug-likeness (QED) is 0.555. The summed E-state index contributed by atoms with van der Waals surface area (Å²) in [6.07, 6.45) is 0. The third-order valence-corrected chi connectivity index (χ3v) is 5.55. The summed E-state index contributed by atoms with van der Waals surface area (Å²) in [5, 5.41) is 8.86. The SMILES string of the molecule is COc1ccc(NC(=O)[C@@H](N[C@@H](C)c2cccs2)c2ccccc2)cc1Cl. The van der Waals surface area contributed by atoms with Crippen LogP contribution in [0.25, 0.3) is 0 Å². The molecule has 2 N–H and O–H groups in total. The molecule has 0 spiro atoms. The van der Waals surface area contributed by atoms with E-state index >= 15 is 0 Å². The lowest BCUT2D eigenvalue weighted by molar-refractivity contribution is -0.118. The maximum atomic E-state index is 13.0. The lowest BCUT2D eigenvalue weighted by atomic mass is 10.0. The lowest BCUT2D eigenvalue weighted by Crippen LogP contribution is -2.34. The first-order chi connectivity index (χ1) is 13.1. The minimum Gasteiger partial charge on any atom is -0.495 e. The molecule has 0 aliphatic carbocycles. The molecule has 0 bridgehead atoms. The topological polar surface area (TPSA) is 50.4 Å². The molecule has 2 aromatic carbocycles. The molecule has 4 nitrogen and oxygen atoms in total. The van der Waals surface area contributed by atoms with Crippen LogP contribution in [0.1, 0.15) is 29.4 Å². The number of halogens is 1. The molecule has 0 unspecified atom stereocenters. The highest BCUT2D eigenvalue weighted by Crippen LogP contribution is 2.28. The highest BCUT2D eigenvalue weighted by molar-refractivity contribution is 7.10. The number of rotatable bonds is 7. The number of amides is 1. The fourth-order valence-corrected chi connectivity index (χ4v) is 3.80. The van der Waals surface area contributed by atoms with E-state index in [0.29, 0.717) is 16.5 Å². The molecule has 1 aromatic heterocycles. The average Bonchev–Trinajstić information content (AvgIpc) is 3.21. The van der Waals surface area contributed by atoms with Gasteiger partial charge in [0.2, 0.25) is 5.91 Å². The summed E-state index contributed by atoms with van der Waals surface area (Å²) in [5.41, 5.74) is 1.52. The molecule has 6 heteroatoms. The number of hydrogen-bond acceptors (Lipinski definition) is 4. The van der Waals surface area contributed by atoms with Crippen molar-refractivity contribution in [2.45, 2.75) is 19.0 Å². The first kappa shape index (κ1) is 19.4. The van der Waals surface area contributed by atoms with Crippen molar-refractivity contribution < 1.29 is 9.53 Å². The van der Waals surface area contributed by atoms with Crippen LogP contribution < -0.4 is 15.4 Å². The minimum atomic E-state index is -0.496. The Hall–Kier alpha value is -2.34. The molecule has 0 aliphatic heterocycles. The molecular weight excluding hydrogens is 380 g/mol. The predicted octanol–water partition coefficient (Wildman–Crippen LogP) is 5.44. The molecule has 0 saturated carbocycles. The van der Waals surface area contributed by atoms with Gasteiger partial charge in [0.05, 0.1) is 12.1 Å². The zero-order valence-electron chi connectivity index (χ0n) is 15.1. The molecule has 27 heavy (non-hydrogen) atoms. The summed E-state index contributed by atoms with van der Waals surface area (Å²) in [5.74, 6) is 0.421. The van der Waals surface area contributed by atoms with Crippen LogP contribution in [0.15, 0.2) is 66.0 Å². The molecule has 0 radical (unpaired) electrons. The van der Waals surface area contributed by atoms with E-state index in [9.17, 15) is 4.79 Å². The van der Waals surface area contributed by atoms with Crippen LogP contribution in [0.3, 0.4) is 0 Å². The molecule has 1 amide bonds. The number of methoxy groups -OCH3 is 1. The lowest BCUT2D eigenvalue weighted by Gasteiger charge is -2.23. The number of carbonyl (C=O) groups excluding carboxylic acids is 1. The van der Waals surface area contributed by atoms with Crippen molar-refractivity contribution in [1.82, 2.24) is 5.32 Å². The monoisotopic (exact) mass is 400 g/mol. The molecule has 0 fully saturated rings. The van der Waals surface area contributed by atoms with E-state index < -0.39 is 6.04 Å². The van der Waals surface area contributed by atoms with Gasteiger partial charge in [-0.3, -0.25) is 10.1 Å². The summed E-state index contributed by atoms with van der Waals surface area (Å²) in [6.45, 7) is 2.05. The Labute approximate surface area is 168 Å². The first-order valence-electron chi connectivity index (χ1n) is 8.57. The second kappa shape index (κ2) is 9.04. The van der Waals surface area contributed by atoms with Gasteiger partial charge >= 0.3 is 0 Å². The van der Waals surface area contributed by atoms with Crippen LogP contribution in [-0.2, 0) is 4.79 Å². The van der Waals surface area contributed by atoms with Gasteiger partial charge in [-0.1, -0.05) is 48.0 Å². The number of anilines is 1. The summed E-state index contributed by atoms with van der Waals surface area (Å²) in [4.78, 5) is 14.2. The normalized spacial score (nSPS) is 13.0. The average molecular weight is 401 g/mol. The molecule has 140 valence electrons. The predicted molar refractivity (Wildman–Crippen MR) is 112 cm³/mol. The maximum absolute atomic E-state index is 13.0. The third kappa shape index (κ3) is 4.89. The van der Waals surface area contributed by atoms with Crippen molar-refractivity contribution in [2.75, 3.05) is 12.4 Å². The van der Waals surface area contributed by atoms with E-state index in [2.05, 4.69) is 23.6 Å². The Kier molecular flexibility index (Phi) is 6.50. The molecule has 1 heterocycles. The van der Waals surface area contributed by atoms with Gasteiger partial charge in [-0.15, -0.1) is 11.3 Å². The Morgan fingerprint density at radius 3 is 2.52 bits per heavy atom. The van der Waals surface area contributed by atoms with Crippen LogP contribution in [0.2, 0.25) is 5.02 Å². The van der Waals surface area contributed by atoms with Gasteiger partial charge in [0.25, 0.3) is 0 Å². The van der Waals surface area contributed by atoms with Gasteiger partial charge in [-0.05, 0) is 42.1 Å². The minimum absolute atomic E-state index is 0.0420. The largest absolute Gasteiger partial charge is 0.495 e. The molecule has 3 aromatic rings. The van der Waals surface area contributed by atoms with Crippen molar-refractivity contribution in [3.05, 3.63) is 81.5 Å². The van der Waals surface area contributed by atoms with Crippen LogP contribution in [-0.4, -0.2) is 13.0 Å². The Morgan fingerprint density at radius 1 is 1.11 bits per heavy atom. The third-order valence-electron chi connectivity index (χ3n) is 4.20. The van der Waals surface area contributed by atoms with E-state index in [0.717, 1.165) is 5.56 Å². The number of ether oxygens (including phenoxy) is 1. The van der Waals surface area contributed by atoms with E-state index in [1.807, 2.05) is 41.8 Å². The van der Waals surface area contributed by atoms with E-state index in [1.54, 1.807) is 36.6 Å². The Balaban J connectivity index is 1.81. The van der Waals surface area contributed by atoms with E-state index in [-0.39, 0.29) is 11.9 Å². The van der Waals surface area contributed by atoms with Crippen molar-refractivity contribution >= 4 is 34.5 Å². The first-order valence-corrected chi connectivity index (χ1v) is 9.83. The smallest absolute Gasteiger partial charge is 0.246 e. The van der Waals surface area contributed by atoms with Crippen LogP contribution in [0.4, 0.5) is 5.69 Å². The highest BCUT2D eigenvalue weighted by Gasteiger charge is 2.23. The maximum Gasteiger partial charge on any atom is 0.246 e. The van der Waals surface area contributed by atoms with Crippen molar-refractivity contribution in [2.24, 2.45) is 0 Å².